The predicted octanol–water partition coefficient (Wildman–Crippen LogP) is -0.666. The van der Waals surface area contributed by atoms with E-state index in [-0.39, 0.29) is 13.2 Å². The largest absolute Gasteiger partial charge is 0.399 e. The highest BCUT2D eigenvalue weighted by molar-refractivity contribution is 5.93. The fraction of sp³-hybridized carbons (Fsp3) is 0.250. The van der Waals surface area contributed by atoms with Gasteiger partial charge in [-0.05, 0) is 29.8 Å². The van der Waals surface area contributed by atoms with Crippen molar-refractivity contribution in [2.24, 2.45) is 0 Å². The van der Waals surface area contributed by atoms with Gasteiger partial charge in [-0.25, -0.2) is 0 Å². The first-order valence-electron chi connectivity index (χ1n) is 5.42. The topological polar surface area (TPSA) is 122 Å². The Morgan fingerprint density at radius 2 is 2.00 bits per heavy atom. The van der Waals surface area contributed by atoms with Crippen LogP contribution in [0.4, 0.5) is 11.4 Å². The lowest BCUT2D eigenvalue weighted by atomic mass is 10.1. The number of carbonyl (C=O) groups is 1. The summed E-state index contributed by atoms with van der Waals surface area (Å²) in [6, 6.07) is 4.30. The van der Waals surface area contributed by atoms with Gasteiger partial charge in [0.05, 0.1) is 19.3 Å². The normalized spacial score (nSPS) is 11.1. The number of rotatable bonds is 5. The smallest absolute Gasteiger partial charge is 0.244 e. The molecular formula is C12H17N3O3. The fourth-order valence-corrected chi connectivity index (χ4v) is 1.30. The second-order valence-electron chi connectivity index (χ2n) is 3.79. The van der Waals surface area contributed by atoms with E-state index in [4.69, 9.17) is 21.7 Å². The molecule has 0 aliphatic heterocycles. The van der Waals surface area contributed by atoms with Crippen LogP contribution in [0.3, 0.4) is 0 Å². The summed E-state index contributed by atoms with van der Waals surface area (Å²) >= 11 is 0. The van der Waals surface area contributed by atoms with Crippen molar-refractivity contribution >= 4 is 23.4 Å². The second kappa shape index (κ2) is 6.63. The molecule has 1 aromatic rings. The molecule has 0 aliphatic rings. The second-order valence-corrected chi connectivity index (χ2v) is 3.79. The third-order valence-corrected chi connectivity index (χ3v) is 2.31. The number of aliphatic hydroxyl groups excluding tert-OH is 2. The molecule has 98 valence electrons. The van der Waals surface area contributed by atoms with Gasteiger partial charge in [0.2, 0.25) is 5.91 Å². The minimum Gasteiger partial charge on any atom is -0.399 e. The van der Waals surface area contributed by atoms with Crippen molar-refractivity contribution in [2.45, 2.75) is 6.04 Å². The summed E-state index contributed by atoms with van der Waals surface area (Å²) in [6.07, 6.45) is 2.79. The molecule has 0 heterocycles. The molecule has 0 aliphatic carbocycles. The molecule has 0 fully saturated rings. The number of nitrogen functional groups attached to an aromatic ring is 2. The monoisotopic (exact) mass is 251 g/mol. The lowest BCUT2D eigenvalue weighted by molar-refractivity contribution is -0.117. The number of benzene rings is 1. The molecule has 0 radical (unpaired) electrons. The quantitative estimate of drug-likeness (QED) is 0.351. The first-order chi connectivity index (χ1) is 8.56. The summed E-state index contributed by atoms with van der Waals surface area (Å²) in [6.45, 7) is -0.646. The summed E-state index contributed by atoms with van der Waals surface area (Å²) < 4.78 is 0. The van der Waals surface area contributed by atoms with Crippen molar-refractivity contribution in [3.8, 4) is 0 Å². The van der Waals surface area contributed by atoms with Crippen LogP contribution in [-0.4, -0.2) is 35.4 Å². The van der Waals surface area contributed by atoms with Crippen molar-refractivity contribution in [3.05, 3.63) is 29.8 Å². The van der Waals surface area contributed by atoms with Gasteiger partial charge in [-0.3, -0.25) is 4.79 Å². The van der Waals surface area contributed by atoms with Crippen LogP contribution in [0.1, 0.15) is 5.56 Å². The van der Waals surface area contributed by atoms with E-state index in [1.54, 1.807) is 18.2 Å². The van der Waals surface area contributed by atoms with Crippen LogP contribution in [-0.2, 0) is 4.79 Å². The summed E-state index contributed by atoms with van der Waals surface area (Å²) in [4.78, 5) is 11.4. The number of carbonyl (C=O) groups excluding carboxylic acids is 1. The summed E-state index contributed by atoms with van der Waals surface area (Å²) in [5.41, 5.74) is 13.0. The molecule has 0 atom stereocenters. The molecule has 0 spiro atoms. The Hall–Kier alpha value is -2.05. The van der Waals surface area contributed by atoms with Crippen molar-refractivity contribution in [1.82, 2.24) is 5.32 Å². The SMILES string of the molecule is Nc1ccc(N)c(/C=C/C(=O)NC(CO)CO)c1. The first-order valence-corrected chi connectivity index (χ1v) is 5.42. The third kappa shape index (κ3) is 4.08. The number of hydrogen-bond acceptors (Lipinski definition) is 5. The standard InChI is InChI=1S/C12H17N3O3/c13-9-2-3-11(14)8(5-9)1-4-12(18)15-10(6-16)7-17/h1-5,10,16-17H,6-7,13-14H2,(H,15,18)/b4-1+. The lowest BCUT2D eigenvalue weighted by Gasteiger charge is -2.11. The molecule has 7 N–H and O–H groups in total. The van der Waals surface area contributed by atoms with Crippen LogP contribution in [0.25, 0.3) is 6.08 Å². The minimum atomic E-state index is -0.666. The van der Waals surface area contributed by atoms with Gasteiger partial charge in [-0.1, -0.05) is 0 Å². The highest BCUT2D eigenvalue weighted by Gasteiger charge is 2.07. The van der Waals surface area contributed by atoms with E-state index in [1.807, 2.05) is 0 Å². The van der Waals surface area contributed by atoms with E-state index < -0.39 is 11.9 Å². The van der Waals surface area contributed by atoms with Gasteiger partial charge >= 0.3 is 0 Å². The van der Waals surface area contributed by atoms with Crippen LogP contribution in [0.2, 0.25) is 0 Å². The summed E-state index contributed by atoms with van der Waals surface area (Å²) in [5, 5.41) is 20.0. The van der Waals surface area contributed by atoms with E-state index >= 15 is 0 Å². The van der Waals surface area contributed by atoms with E-state index in [9.17, 15) is 4.79 Å². The van der Waals surface area contributed by atoms with Crippen LogP contribution in [0, 0.1) is 0 Å². The number of anilines is 2. The highest BCUT2D eigenvalue weighted by Crippen LogP contribution is 2.16. The molecule has 1 amide bonds. The maximum atomic E-state index is 11.4. The number of nitrogens with two attached hydrogens (primary N) is 2. The zero-order valence-electron chi connectivity index (χ0n) is 9.84. The van der Waals surface area contributed by atoms with Gasteiger partial charge < -0.3 is 27.0 Å². The zero-order valence-corrected chi connectivity index (χ0v) is 9.84. The molecule has 0 saturated carbocycles. The van der Waals surface area contributed by atoms with Crippen molar-refractivity contribution in [2.75, 3.05) is 24.7 Å². The van der Waals surface area contributed by atoms with Gasteiger partial charge in [0.25, 0.3) is 0 Å². The Bertz CT molecular complexity index is 442. The highest BCUT2D eigenvalue weighted by atomic mass is 16.3. The molecule has 6 nitrogen and oxygen atoms in total. The molecule has 0 aromatic heterocycles. The van der Waals surface area contributed by atoms with E-state index in [2.05, 4.69) is 5.32 Å². The number of amides is 1. The molecule has 0 saturated heterocycles. The third-order valence-electron chi connectivity index (χ3n) is 2.31. The number of aliphatic hydroxyl groups is 2. The van der Waals surface area contributed by atoms with Crippen molar-refractivity contribution < 1.29 is 15.0 Å². The van der Waals surface area contributed by atoms with Gasteiger partial charge in [0, 0.05) is 17.5 Å². The number of nitrogens with one attached hydrogen (secondary N) is 1. The van der Waals surface area contributed by atoms with E-state index in [0.29, 0.717) is 16.9 Å². The molecule has 18 heavy (non-hydrogen) atoms. The average molecular weight is 251 g/mol. The van der Waals surface area contributed by atoms with Gasteiger partial charge in [0.15, 0.2) is 0 Å². The van der Waals surface area contributed by atoms with Crippen LogP contribution in [0.5, 0.6) is 0 Å². The van der Waals surface area contributed by atoms with Crippen LogP contribution < -0.4 is 16.8 Å². The summed E-state index contributed by atoms with van der Waals surface area (Å²) in [7, 11) is 0. The molecule has 1 rings (SSSR count). The minimum absolute atomic E-state index is 0.323. The fourth-order valence-electron chi connectivity index (χ4n) is 1.30. The van der Waals surface area contributed by atoms with Gasteiger partial charge in [-0.2, -0.15) is 0 Å². The zero-order chi connectivity index (χ0) is 13.5. The maximum absolute atomic E-state index is 11.4. The van der Waals surface area contributed by atoms with E-state index in [1.165, 1.54) is 12.2 Å². The Labute approximate surface area is 105 Å². The Morgan fingerprint density at radius 3 is 2.61 bits per heavy atom. The molecular weight excluding hydrogens is 234 g/mol. The van der Waals surface area contributed by atoms with E-state index in [0.717, 1.165) is 0 Å². The Balaban J connectivity index is 2.68. The average Bonchev–Trinajstić information content (AvgIpc) is 2.37. The van der Waals surface area contributed by atoms with Gasteiger partial charge in [-0.15, -0.1) is 0 Å². The Kier molecular flexibility index (Phi) is 5.16. The molecule has 1 aromatic carbocycles. The molecule has 0 bridgehead atoms. The molecule has 6 heteroatoms. The number of hydrogen-bond donors (Lipinski definition) is 5. The predicted molar refractivity (Wildman–Crippen MR) is 70.4 cm³/mol. The maximum Gasteiger partial charge on any atom is 0.244 e. The first kappa shape index (κ1) is 14.0. The van der Waals surface area contributed by atoms with Gasteiger partial charge in [0.1, 0.15) is 0 Å². The van der Waals surface area contributed by atoms with Crippen molar-refractivity contribution in [3.63, 3.8) is 0 Å². The Morgan fingerprint density at radius 1 is 1.33 bits per heavy atom. The summed E-state index contributed by atoms with van der Waals surface area (Å²) in [5.74, 6) is -0.426. The lowest BCUT2D eigenvalue weighted by Crippen LogP contribution is -2.39. The van der Waals surface area contributed by atoms with Crippen LogP contribution >= 0.6 is 0 Å². The van der Waals surface area contributed by atoms with Crippen molar-refractivity contribution in [1.29, 1.82) is 0 Å². The van der Waals surface area contributed by atoms with Crippen LogP contribution in [0.15, 0.2) is 24.3 Å². The molecule has 0 unspecified atom stereocenters.